The number of fused-ring (bicyclic) bond motifs is 1. The van der Waals surface area contributed by atoms with Gasteiger partial charge in [0.1, 0.15) is 5.82 Å². The second-order valence-corrected chi connectivity index (χ2v) is 9.29. The molecule has 2 aliphatic heterocycles. The number of aromatic nitrogens is 2. The summed E-state index contributed by atoms with van der Waals surface area (Å²) in [6.07, 6.45) is 4.84. The molecule has 1 aliphatic carbocycles. The molecular weight excluding hydrogens is 392 g/mol. The number of ether oxygens (including phenoxy) is 1. The van der Waals surface area contributed by atoms with Crippen LogP contribution in [0.1, 0.15) is 36.0 Å². The third kappa shape index (κ3) is 4.72. The molecule has 3 atom stereocenters. The van der Waals surface area contributed by atoms with Crippen LogP contribution in [0.2, 0.25) is 0 Å². The topological polar surface area (TPSA) is 87.6 Å². The average Bonchev–Trinajstić information content (AvgIpc) is 3.33. The van der Waals surface area contributed by atoms with E-state index in [0.29, 0.717) is 6.04 Å². The maximum Gasteiger partial charge on any atom is 0.335 e. The Bertz CT molecular complexity index is 882. The molecule has 3 aliphatic rings. The number of carboxylic acid groups (broad SMARTS) is 1. The molecule has 0 spiro atoms. The molecule has 2 saturated heterocycles. The minimum atomic E-state index is -0.926. The second kappa shape index (κ2) is 8.93. The van der Waals surface area contributed by atoms with Gasteiger partial charge in [0.25, 0.3) is 0 Å². The highest BCUT2D eigenvalue weighted by Crippen LogP contribution is 2.39. The van der Waals surface area contributed by atoms with Crippen LogP contribution in [0.3, 0.4) is 0 Å². The lowest BCUT2D eigenvalue weighted by Gasteiger charge is -2.27. The van der Waals surface area contributed by atoms with Gasteiger partial charge in [-0.3, -0.25) is 0 Å². The van der Waals surface area contributed by atoms with E-state index in [4.69, 9.17) is 9.84 Å². The molecule has 0 radical (unpaired) electrons. The van der Waals surface area contributed by atoms with Crippen LogP contribution < -0.4 is 5.32 Å². The first-order valence-electron chi connectivity index (χ1n) is 11.4. The Labute approximate surface area is 182 Å². The highest BCUT2D eigenvalue weighted by Gasteiger charge is 2.41. The number of nitrogens with one attached hydrogen (secondary N) is 1. The van der Waals surface area contributed by atoms with Gasteiger partial charge in [0, 0.05) is 44.5 Å². The van der Waals surface area contributed by atoms with Gasteiger partial charge in [-0.05, 0) is 67.7 Å². The molecule has 2 unspecified atom stereocenters. The zero-order chi connectivity index (χ0) is 21.2. The quantitative estimate of drug-likeness (QED) is 0.738. The first-order chi connectivity index (χ1) is 15.1. The van der Waals surface area contributed by atoms with Crippen molar-refractivity contribution in [3.8, 4) is 11.3 Å². The van der Waals surface area contributed by atoms with E-state index in [-0.39, 0.29) is 5.56 Å². The van der Waals surface area contributed by atoms with Gasteiger partial charge >= 0.3 is 5.97 Å². The molecule has 0 amide bonds. The summed E-state index contributed by atoms with van der Waals surface area (Å²) in [5.74, 6) is 2.28. The van der Waals surface area contributed by atoms with Crippen LogP contribution in [0, 0.1) is 17.8 Å². The summed E-state index contributed by atoms with van der Waals surface area (Å²) < 4.78 is 5.50. The van der Waals surface area contributed by atoms with Gasteiger partial charge in [-0.15, -0.1) is 10.2 Å². The number of likely N-dealkylation sites (tertiary alicyclic amines) is 1. The van der Waals surface area contributed by atoms with Crippen molar-refractivity contribution in [3.05, 3.63) is 42.0 Å². The minimum absolute atomic E-state index is 0.271. The zero-order valence-electron chi connectivity index (χ0n) is 17.7. The van der Waals surface area contributed by atoms with Crippen molar-refractivity contribution in [2.24, 2.45) is 17.8 Å². The standard InChI is InChI=1S/C24H30N4O3/c29-24(30)18-3-1-17(2-4-18)22-5-6-23(27-26-22)25-21-11-19-14-28(15-20(19)12-21)13-16-7-9-31-10-8-16/h1-6,16,19-21H,7-15H2,(H,25,27)(H,29,30)/t19-,20?,21?/m1/s1. The number of carbonyl (C=O) groups is 1. The Morgan fingerprint density at radius 3 is 2.35 bits per heavy atom. The summed E-state index contributed by atoms with van der Waals surface area (Å²) in [5, 5.41) is 21.3. The van der Waals surface area contributed by atoms with Crippen LogP contribution in [0.5, 0.6) is 0 Å². The maximum atomic E-state index is 11.0. The van der Waals surface area contributed by atoms with E-state index >= 15 is 0 Å². The van der Waals surface area contributed by atoms with Crippen molar-refractivity contribution < 1.29 is 14.6 Å². The molecule has 5 rings (SSSR count). The summed E-state index contributed by atoms with van der Waals surface area (Å²) >= 11 is 0. The van der Waals surface area contributed by atoms with Crippen molar-refractivity contribution in [3.63, 3.8) is 0 Å². The molecule has 164 valence electrons. The molecule has 7 nitrogen and oxygen atoms in total. The van der Waals surface area contributed by atoms with Crippen molar-refractivity contribution in [2.45, 2.75) is 31.7 Å². The van der Waals surface area contributed by atoms with E-state index in [1.165, 1.54) is 45.3 Å². The lowest BCUT2D eigenvalue weighted by atomic mass is 10.00. The van der Waals surface area contributed by atoms with Gasteiger partial charge < -0.3 is 20.1 Å². The number of aromatic carboxylic acids is 1. The summed E-state index contributed by atoms with van der Waals surface area (Å²) in [4.78, 5) is 13.7. The maximum absolute atomic E-state index is 11.0. The molecule has 7 heteroatoms. The van der Waals surface area contributed by atoms with Crippen LogP contribution in [0.4, 0.5) is 5.82 Å². The molecule has 0 bridgehead atoms. The van der Waals surface area contributed by atoms with Crippen molar-refractivity contribution in [2.75, 3.05) is 38.2 Å². The van der Waals surface area contributed by atoms with Crippen LogP contribution in [-0.2, 0) is 4.74 Å². The Hall–Kier alpha value is -2.51. The molecule has 1 saturated carbocycles. The molecule has 3 heterocycles. The first-order valence-corrected chi connectivity index (χ1v) is 11.4. The SMILES string of the molecule is O=C(O)c1ccc(-c2ccc(NC3CC4CN(CC5CCOCC5)C[C@H]4C3)nn2)cc1. The molecule has 3 fully saturated rings. The number of carboxylic acids is 1. The lowest BCUT2D eigenvalue weighted by Crippen LogP contribution is -2.32. The summed E-state index contributed by atoms with van der Waals surface area (Å²) in [5.41, 5.74) is 1.88. The lowest BCUT2D eigenvalue weighted by molar-refractivity contribution is 0.0545. The highest BCUT2D eigenvalue weighted by atomic mass is 16.5. The zero-order valence-corrected chi connectivity index (χ0v) is 17.7. The summed E-state index contributed by atoms with van der Waals surface area (Å²) in [7, 11) is 0. The predicted octanol–water partition coefficient (Wildman–Crippen LogP) is 3.39. The number of rotatable bonds is 6. The molecule has 2 aromatic rings. The normalized spacial score (nSPS) is 26.6. The van der Waals surface area contributed by atoms with Gasteiger partial charge in [0.05, 0.1) is 11.3 Å². The summed E-state index contributed by atoms with van der Waals surface area (Å²) in [6, 6.07) is 11.1. The van der Waals surface area contributed by atoms with Gasteiger partial charge in [-0.2, -0.15) is 0 Å². The predicted molar refractivity (Wildman–Crippen MR) is 118 cm³/mol. The monoisotopic (exact) mass is 422 g/mol. The van der Waals surface area contributed by atoms with Crippen LogP contribution in [0.15, 0.2) is 36.4 Å². The Balaban J connectivity index is 1.12. The van der Waals surface area contributed by atoms with E-state index in [2.05, 4.69) is 20.4 Å². The smallest absolute Gasteiger partial charge is 0.335 e. The number of hydrogen-bond acceptors (Lipinski definition) is 6. The fraction of sp³-hybridized carbons (Fsp3) is 0.542. The van der Waals surface area contributed by atoms with Crippen molar-refractivity contribution in [1.82, 2.24) is 15.1 Å². The van der Waals surface area contributed by atoms with Crippen LogP contribution >= 0.6 is 0 Å². The van der Waals surface area contributed by atoms with Gasteiger partial charge in [0.2, 0.25) is 0 Å². The minimum Gasteiger partial charge on any atom is -0.478 e. The highest BCUT2D eigenvalue weighted by molar-refractivity contribution is 5.88. The molecule has 2 N–H and O–H groups in total. The molecule has 31 heavy (non-hydrogen) atoms. The van der Waals surface area contributed by atoms with Crippen LogP contribution in [0.25, 0.3) is 11.3 Å². The van der Waals surface area contributed by atoms with E-state index in [1.54, 1.807) is 24.3 Å². The van der Waals surface area contributed by atoms with E-state index in [0.717, 1.165) is 48.0 Å². The Kier molecular flexibility index (Phi) is 5.87. The molecular formula is C24H30N4O3. The second-order valence-electron chi connectivity index (χ2n) is 9.29. The average molecular weight is 423 g/mol. The third-order valence-corrected chi connectivity index (χ3v) is 7.13. The number of nitrogens with zero attached hydrogens (tertiary/aromatic N) is 3. The molecule has 1 aromatic carbocycles. The van der Waals surface area contributed by atoms with Crippen molar-refractivity contribution in [1.29, 1.82) is 0 Å². The Morgan fingerprint density at radius 1 is 1.03 bits per heavy atom. The molecule has 1 aromatic heterocycles. The number of benzene rings is 1. The third-order valence-electron chi connectivity index (χ3n) is 7.13. The van der Waals surface area contributed by atoms with Gasteiger partial charge in [0.15, 0.2) is 0 Å². The van der Waals surface area contributed by atoms with Crippen LogP contribution in [-0.4, -0.2) is 65.1 Å². The van der Waals surface area contributed by atoms with Gasteiger partial charge in [-0.25, -0.2) is 4.79 Å². The number of anilines is 1. The van der Waals surface area contributed by atoms with E-state index < -0.39 is 5.97 Å². The van der Waals surface area contributed by atoms with Crippen molar-refractivity contribution >= 4 is 11.8 Å². The van der Waals surface area contributed by atoms with E-state index in [1.807, 2.05) is 12.1 Å². The fourth-order valence-corrected chi connectivity index (χ4v) is 5.51. The summed E-state index contributed by atoms with van der Waals surface area (Å²) in [6.45, 7) is 5.58. The fourth-order valence-electron chi connectivity index (χ4n) is 5.51. The number of hydrogen-bond donors (Lipinski definition) is 2. The Morgan fingerprint density at radius 2 is 1.74 bits per heavy atom. The first kappa shape index (κ1) is 20.4. The van der Waals surface area contributed by atoms with Gasteiger partial charge in [-0.1, -0.05) is 12.1 Å². The largest absolute Gasteiger partial charge is 0.478 e. The van der Waals surface area contributed by atoms with E-state index in [9.17, 15) is 4.79 Å².